The highest BCUT2D eigenvalue weighted by molar-refractivity contribution is 9.10. The maximum atomic E-state index is 4.25. The van der Waals surface area contributed by atoms with E-state index in [1.165, 1.54) is 0 Å². The van der Waals surface area contributed by atoms with Crippen molar-refractivity contribution in [2.75, 3.05) is 0 Å². The van der Waals surface area contributed by atoms with Crippen LogP contribution >= 0.6 is 27.3 Å². The van der Waals surface area contributed by atoms with E-state index in [9.17, 15) is 0 Å². The van der Waals surface area contributed by atoms with E-state index in [1.54, 1.807) is 11.3 Å². The molecule has 0 saturated carbocycles. The fourth-order valence-electron chi connectivity index (χ4n) is 1.63. The number of halogens is 1. The Hall–Kier alpha value is -1.52. The van der Waals surface area contributed by atoms with Crippen molar-refractivity contribution in [2.24, 2.45) is 0 Å². The molecule has 0 fully saturated rings. The van der Waals surface area contributed by atoms with Crippen molar-refractivity contribution in [1.82, 2.24) is 10.2 Å². The average molecular weight is 317 g/mol. The Labute approximate surface area is 117 Å². The molecule has 0 spiro atoms. The van der Waals surface area contributed by atoms with Crippen LogP contribution in [0.2, 0.25) is 0 Å². The molecule has 0 aliphatic carbocycles. The van der Waals surface area contributed by atoms with Gasteiger partial charge in [0.25, 0.3) is 0 Å². The van der Waals surface area contributed by atoms with Gasteiger partial charge in [-0.15, -0.1) is 10.2 Å². The topological polar surface area (TPSA) is 25.8 Å². The Balaban J connectivity index is 1.97. The van der Waals surface area contributed by atoms with E-state index in [4.69, 9.17) is 0 Å². The quantitative estimate of drug-likeness (QED) is 0.688. The molecule has 3 aromatic rings. The molecule has 0 unspecified atom stereocenters. The fourth-order valence-corrected chi connectivity index (χ4v) is 2.75. The van der Waals surface area contributed by atoms with Gasteiger partial charge in [-0.05, 0) is 12.1 Å². The summed E-state index contributed by atoms with van der Waals surface area (Å²) in [6.45, 7) is 0. The molecule has 1 heterocycles. The minimum atomic E-state index is 0.946. The van der Waals surface area contributed by atoms with Crippen molar-refractivity contribution in [3.05, 3.63) is 59.1 Å². The first-order chi connectivity index (χ1) is 8.83. The maximum absolute atomic E-state index is 4.25. The highest BCUT2D eigenvalue weighted by Gasteiger charge is 2.07. The lowest BCUT2D eigenvalue weighted by atomic mass is 10.2. The molecule has 0 aliphatic heterocycles. The minimum absolute atomic E-state index is 0.946. The number of rotatable bonds is 2. The van der Waals surface area contributed by atoms with Crippen LogP contribution in [0.15, 0.2) is 59.1 Å². The minimum Gasteiger partial charge on any atom is -0.138 e. The summed E-state index contributed by atoms with van der Waals surface area (Å²) in [7, 11) is 0. The molecule has 0 amide bonds. The van der Waals surface area contributed by atoms with Gasteiger partial charge in [-0.2, -0.15) is 0 Å². The van der Waals surface area contributed by atoms with Crippen LogP contribution in [0.1, 0.15) is 0 Å². The second kappa shape index (κ2) is 5.00. The molecule has 2 aromatic carbocycles. The van der Waals surface area contributed by atoms with Crippen LogP contribution in [0.3, 0.4) is 0 Å². The van der Waals surface area contributed by atoms with Gasteiger partial charge in [0.15, 0.2) is 0 Å². The Morgan fingerprint density at radius 1 is 0.722 bits per heavy atom. The van der Waals surface area contributed by atoms with Gasteiger partial charge in [-0.3, -0.25) is 0 Å². The van der Waals surface area contributed by atoms with E-state index in [0.29, 0.717) is 0 Å². The summed E-state index contributed by atoms with van der Waals surface area (Å²) in [5.41, 5.74) is 2.20. The molecule has 0 bridgehead atoms. The first-order valence-electron chi connectivity index (χ1n) is 5.48. The Kier molecular flexibility index (Phi) is 3.21. The third kappa shape index (κ3) is 2.35. The summed E-state index contributed by atoms with van der Waals surface area (Å²) in [5, 5.41) is 10.4. The molecule has 18 heavy (non-hydrogen) atoms. The van der Waals surface area contributed by atoms with Gasteiger partial charge in [0.1, 0.15) is 10.0 Å². The predicted molar refractivity (Wildman–Crippen MR) is 78.5 cm³/mol. The van der Waals surface area contributed by atoms with Crippen LogP contribution in [-0.4, -0.2) is 10.2 Å². The van der Waals surface area contributed by atoms with E-state index in [-0.39, 0.29) is 0 Å². The number of aromatic nitrogens is 2. The third-order valence-electron chi connectivity index (χ3n) is 2.54. The molecule has 2 nitrogen and oxygen atoms in total. The zero-order valence-corrected chi connectivity index (χ0v) is 11.8. The maximum Gasteiger partial charge on any atom is 0.148 e. The summed E-state index contributed by atoms with van der Waals surface area (Å²) in [6.07, 6.45) is 0. The molecule has 1 aromatic heterocycles. The third-order valence-corrected chi connectivity index (χ3v) is 4.09. The molecule has 0 saturated heterocycles. The molecule has 0 N–H and O–H groups in total. The first kappa shape index (κ1) is 11.6. The Morgan fingerprint density at radius 2 is 1.28 bits per heavy atom. The monoisotopic (exact) mass is 316 g/mol. The number of benzene rings is 2. The highest BCUT2D eigenvalue weighted by Crippen LogP contribution is 2.30. The predicted octanol–water partition coefficient (Wildman–Crippen LogP) is 4.63. The molecule has 3 rings (SSSR count). The summed E-state index contributed by atoms with van der Waals surface area (Å²) in [5.74, 6) is 0. The molecular formula is C14H9BrN2S. The normalized spacial score (nSPS) is 10.5. The van der Waals surface area contributed by atoms with E-state index in [0.717, 1.165) is 25.6 Å². The van der Waals surface area contributed by atoms with Crippen LogP contribution in [0.4, 0.5) is 0 Å². The number of hydrogen-bond acceptors (Lipinski definition) is 3. The van der Waals surface area contributed by atoms with Crippen molar-refractivity contribution in [3.8, 4) is 21.1 Å². The summed E-state index contributed by atoms with van der Waals surface area (Å²) in [6, 6.07) is 18.2. The van der Waals surface area contributed by atoms with Gasteiger partial charge in [0.05, 0.1) is 0 Å². The largest absolute Gasteiger partial charge is 0.148 e. The molecule has 4 heteroatoms. The van der Waals surface area contributed by atoms with Gasteiger partial charge >= 0.3 is 0 Å². The van der Waals surface area contributed by atoms with Crippen molar-refractivity contribution < 1.29 is 0 Å². The molecule has 88 valence electrons. The van der Waals surface area contributed by atoms with E-state index < -0.39 is 0 Å². The molecule has 0 radical (unpaired) electrons. The number of hydrogen-bond donors (Lipinski definition) is 0. The lowest BCUT2D eigenvalue weighted by Gasteiger charge is -1.94. The summed E-state index contributed by atoms with van der Waals surface area (Å²) < 4.78 is 1.07. The van der Waals surface area contributed by atoms with Crippen LogP contribution < -0.4 is 0 Å². The Bertz CT molecular complexity index is 647. The van der Waals surface area contributed by atoms with Crippen LogP contribution in [0.25, 0.3) is 21.1 Å². The van der Waals surface area contributed by atoms with Crippen LogP contribution in [0.5, 0.6) is 0 Å². The zero-order valence-electron chi connectivity index (χ0n) is 9.38. The molecular weight excluding hydrogens is 308 g/mol. The second-order valence-corrected chi connectivity index (χ2v) is 5.68. The summed E-state index contributed by atoms with van der Waals surface area (Å²) >= 11 is 5.03. The highest BCUT2D eigenvalue weighted by atomic mass is 79.9. The smallest absolute Gasteiger partial charge is 0.138 e. The van der Waals surface area contributed by atoms with Crippen LogP contribution in [0, 0.1) is 0 Å². The van der Waals surface area contributed by atoms with Gasteiger partial charge < -0.3 is 0 Å². The second-order valence-electron chi connectivity index (χ2n) is 3.79. The summed E-state index contributed by atoms with van der Waals surface area (Å²) in [4.78, 5) is 0. The zero-order chi connectivity index (χ0) is 12.4. The van der Waals surface area contributed by atoms with Gasteiger partial charge in [0.2, 0.25) is 0 Å². The fraction of sp³-hybridized carbons (Fsp3) is 0. The van der Waals surface area contributed by atoms with Crippen LogP contribution in [-0.2, 0) is 0 Å². The lowest BCUT2D eigenvalue weighted by Crippen LogP contribution is -1.76. The van der Waals surface area contributed by atoms with E-state index in [2.05, 4.69) is 26.1 Å². The Morgan fingerprint density at radius 3 is 1.89 bits per heavy atom. The van der Waals surface area contributed by atoms with Gasteiger partial charge in [-0.25, -0.2) is 0 Å². The van der Waals surface area contributed by atoms with Crippen molar-refractivity contribution in [2.45, 2.75) is 0 Å². The van der Waals surface area contributed by atoms with E-state index in [1.807, 2.05) is 54.6 Å². The van der Waals surface area contributed by atoms with Crippen molar-refractivity contribution in [3.63, 3.8) is 0 Å². The van der Waals surface area contributed by atoms with Gasteiger partial charge in [-0.1, -0.05) is 69.7 Å². The average Bonchev–Trinajstić information content (AvgIpc) is 2.90. The number of nitrogens with zero attached hydrogens (tertiary/aromatic N) is 2. The molecule has 0 aliphatic rings. The first-order valence-corrected chi connectivity index (χ1v) is 7.09. The molecule has 0 atom stereocenters. The van der Waals surface area contributed by atoms with E-state index >= 15 is 0 Å². The standard InChI is InChI=1S/C14H9BrN2S/c15-12-8-6-11(7-9-12)14-17-16-13(18-14)10-4-2-1-3-5-10/h1-9H. The van der Waals surface area contributed by atoms with Crippen molar-refractivity contribution >= 4 is 27.3 Å². The SMILES string of the molecule is Brc1ccc(-c2nnc(-c3ccccc3)s2)cc1. The van der Waals surface area contributed by atoms with Crippen molar-refractivity contribution in [1.29, 1.82) is 0 Å². The lowest BCUT2D eigenvalue weighted by molar-refractivity contribution is 1.10. The van der Waals surface area contributed by atoms with Gasteiger partial charge in [0, 0.05) is 15.6 Å².